The van der Waals surface area contributed by atoms with Gasteiger partial charge in [-0.15, -0.1) is 0 Å². The maximum absolute atomic E-state index is 13.5. The van der Waals surface area contributed by atoms with Crippen molar-refractivity contribution in [3.05, 3.63) is 70.5 Å². The molecular formula is C18H22FN. The van der Waals surface area contributed by atoms with Crippen molar-refractivity contribution in [3.63, 3.8) is 0 Å². The van der Waals surface area contributed by atoms with Gasteiger partial charge < -0.3 is 5.73 Å². The number of hydrogen-bond donors (Lipinski definition) is 1. The van der Waals surface area contributed by atoms with Gasteiger partial charge >= 0.3 is 0 Å². The molecule has 2 rings (SSSR count). The Morgan fingerprint density at radius 2 is 1.65 bits per heavy atom. The zero-order chi connectivity index (χ0) is 14.9. The van der Waals surface area contributed by atoms with Crippen molar-refractivity contribution < 1.29 is 4.39 Å². The van der Waals surface area contributed by atoms with Crippen LogP contribution in [-0.4, -0.2) is 0 Å². The van der Waals surface area contributed by atoms with Gasteiger partial charge in [0.15, 0.2) is 0 Å². The average Bonchev–Trinajstić information content (AvgIpc) is 2.40. The van der Waals surface area contributed by atoms with Crippen LogP contribution in [0.3, 0.4) is 0 Å². The highest BCUT2D eigenvalue weighted by molar-refractivity contribution is 5.42. The highest BCUT2D eigenvalue weighted by Crippen LogP contribution is 2.32. The van der Waals surface area contributed by atoms with E-state index < -0.39 is 0 Å². The van der Waals surface area contributed by atoms with Crippen molar-refractivity contribution in [2.75, 3.05) is 0 Å². The molecule has 0 radical (unpaired) electrons. The summed E-state index contributed by atoms with van der Waals surface area (Å²) in [6.07, 6.45) is 0. The molecule has 2 heteroatoms. The molecule has 0 heterocycles. The maximum atomic E-state index is 13.5. The normalized spacial score (nSPS) is 13.3. The highest BCUT2D eigenvalue weighted by Gasteiger charge is 2.22. The molecule has 106 valence electrons. The maximum Gasteiger partial charge on any atom is 0.123 e. The average molecular weight is 271 g/mol. The summed E-state index contributed by atoms with van der Waals surface area (Å²) in [6, 6.07) is 12.6. The van der Waals surface area contributed by atoms with E-state index in [-0.39, 0.29) is 17.3 Å². The fourth-order valence-electron chi connectivity index (χ4n) is 2.57. The molecular weight excluding hydrogens is 249 g/mol. The van der Waals surface area contributed by atoms with Crippen LogP contribution in [0.25, 0.3) is 0 Å². The minimum Gasteiger partial charge on any atom is -0.320 e. The molecule has 2 aromatic rings. The van der Waals surface area contributed by atoms with Gasteiger partial charge in [0.2, 0.25) is 0 Å². The Bertz CT molecular complexity index is 611. The summed E-state index contributed by atoms with van der Waals surface area (Å²) >= 11 is 0. The first kappa shape index (κ1) is 14.7. The van der Waals surface area contributed by atoms with E-state index >= 15 is 0 Å². The lowest BCUT2D eigenvalue weighted by Crippen LogP contribution is -2.21. The Morgan fingerprint density at radius 1 is 1.00 bits per heavy atom. The van der Waals surface area contributed by atoms with Gasteiger partial charge in [-0.3, -0.25) is 0 Å². The lowest BCUT2D eigenvalue weighted by atomic mass is 9.80. The summed E-state index contributed by atoms with van der Waals surface area (Å²) in [5, 5.41) is 0. The van der Waals surface area contributed by atoms with Crippen LogP contribution in [0, 0.1) is 12.7 Å². The van der Waals surface area contributed by atoms with Crippen LogP contribution in [0.1, 0.15) is 49.1 Å². The SMILES string of the molecule is Cc1ccc(F)cc1C(N)c1ccccc1C(C)(C)C. The minimum atomic E-state index is -0.305. The van der Waals surface area contributed by atoms with Crippen LogP contribution < -0.4 is 5.73 Å². The first-order valence-corrected chi connectivity index (χ1v) is 6.92. The van der Waals surface area contributed by atoms with Crippen LogP contribution >= 0.6 is 0 Å². The van der Waals surface area contributed by atoms with E-state index in [1.165, 1.54) is 11.6 Å². The number of hydrogen-bond acceptors (Lipinski definition) is 1. The van der Waals surface area contributed by atoms with Gasteiger partial charge in [-0.2, -0.15) is 0 Å². The highest BCUT2D eigenvalue weighted by atomic mass is 19.1. The van der Waals surface area contributed by atoms with E-state index in [2.05, 4.69) is 26.8 Å². The monoisotopic (exact) mass is 271 g/mol. The van der Waals surface area contributed by atoms with Crippen molar-refractivity contribution in [1.82, 2.24) is 0 Å². The van der Waals surface area contributed by atoms with Crippen LogP contribution in [0.4, 0.5) is 4.39 Å². The summed E-state index contributed by atoms with van der Waals surface area (Å²) in [4.78, 5) is 0. The van der Waals surface area contributed by atoms with Crippen LogP contribution in [0.15, 0.2) is 42.5 Å². The second-order valence-electron chi connectivity index (χ2n) is 6.32. The third-order valence-electron chi connectivity index (χ3n) is 3.68. The fourth-order valence-corrected chi connectivity index (χ4v) is 2.57. The van der Waals surface area contributed by atoms with Crippen LogP contribution in [0.5, 0.6) is 0 Å². The van der Waals surface area contributed by atoms with Gasteiger partial charge in [0.05, 0.1) is 6.04 Å². The summed E-state index contributed by atoms with van der Waals surface area (Å²) < 4.78 is 13.5. The molecule has 0 fully saturated rings. The lowest BCUT2D eigenvalue weighted by Gasteiger charge is -2.26. The third kappa shape index (κ3) is 2.91. The van der Waals surface area contributed by atoms with E-state index in [9.17, 15) is 4.39 Å². The van der Waals surface area contributed by atoms with Gasteiger partial charge in [0.1, 0.15) is 5.82 Å². The second kappa shape index (κ2) is 5.37. The Balaban J connectivity index is 2.54. The zero-order valence-electron chi connectivity index (χ0n) is 12.6. The van der Waals surface area contributed by atoms with Gasteiger partial charge in [-0.25, -0.2) is 4.39 Å². The van der Waals surface area contributed by atoms with Crippen molar-refractivity contribution >= 4 is 0 Å². The fraction of sp³-hybridized carbons (Fsp3) is 0.333. The molecule has 0 aromatic heterocycles. The first-order chi connectivity index (χ1) is 9.30. The van der Waals surface area contributed by atoms with Crippen molar-refractivity contribution in [2.24, 2.45) is 5.73 Å². The molecule has 0 aliphatic carbocycles. The third-order valence-corrected chi connectivity index (χ3v) is 3.68. The Morgan fingerprint density at radius 3 is 2.30 bits per heavy atom. The Hall–Kier alpha value is -1.67. The van der Waals surface area contributed by atoms with Gasteiger partial charge in [-0.1, -0.05) is 51.1 Å². The molecule has 0 aliphatic heterocycles. The van der Waals surface area contributed by atoms with Crippen molar-refractivity contribution in [2.45, 2.75) is 39.2 Å². The zero-order valence-corrected chi connectivity index (χ0v) is 12.6. The predicted molar refractivity (Wildman–Crippen MR) is 82.3 cm³/mol. The number of rotatable bonds is 2. The Labute approximate surface area is 120 Å². The lowest BCUT2D eigenvalue weighted by molar-refractivity contribution is 0.576. The van der Waals surface area contributed by atoms with Crippen molar-refractivity contribution in [1.29, 1.82) is 0 Å². The van der Waals surface area contributed by atoms with E-state index in [0.717, 1.165) is 16.7 Å². The molecule has 0 spiro atoms. The summed E-state index contributed by atoms with van der Waals surface area (Å²) in [6.45, 7) is 8.46. The summed E-state index contributed by atoms with van der Waals surface area (Å²) in [5.74, 6) is -0.241. The molecule has 0 saturated heterocycles. The number of halogens is 1. The van der Waals surface area contributed by atoms with Gasteiger partial charge in [0, 0.05) is 0 Å². The molecule has 1 atom stereocenters. The molecule has 0 aliphatic rings. The first-order valence-electron chi connectivity index (χ1n) is 6.92. The topological polar surface area (TPSA) is 26.0 Å². The van der Waals surface area contributed by atoms with Gasteiger partial charge in [0.25, 0.3) is 0 Å². The largest absolute Gasteiger partial charge is 0.320 e. The number of nitrogens with two attached hydrogens (primary N) is 1. The molecule has 2 aromatic carbocycles. The molecule has 1 unspecified atom stereocenters. The molecule has 1 nitrogen and oxygen atoms in total. The number of benzene rings is 2. The van der Waals surface area contributed by atoms with E-state index in [1.807, 2.05) is 25.1 Å². The number of aryl methyl sites for hydroxylation is 1. The standard InChI is InChI=1S/C18H22FN/c1-12-9-10-13(19)11-15(12)17(20)14-7-5-6-8-16(14)18(2,3)4/h5-11,17H,20H2,1-4H3. The van der Waals surface area contributed by atoms with Crippen LogP contribution in [0.2, 0.25) is 0 Å². The van der Waals surface area contributed by atoms with E-state index in [4.69, 9.17) is 5.73 Å². The molecule has 0 bridgehead atoms. The molecule has 20 heavy (non-hydrogen) atoms. The van der Waals surface area contributed by atoms with E-state index in [1.54, 1.807) is 12.1 Å². The molecule has 2 N–H and O–H groups in total. The smallest absolute Gasteiger partial charge is 0.123 e. The summed E-state index contributed by atoms with van der Waals surface area (Å²) in [7, 11) is 0. The minimum absolute atomic E-state index is 0.00937. The predicted octanol–water partition coefficient (Wildman–Crippen LogP) is 4.48. The molecule has 0 saturated carbocycles. The van der Waals surface area contributed by atoms with E-state index in [0.29, 0.717) is 0 Å². The van der Waals surface area contributed by atoms with Crippen molar-refractivity contribution in [3.8, 4) is 0 Å². The Kier molecular flexibility index (Phi) is 3.96. The summed E-state index contributed by atoms with van der Waals surface area (Å²) in [5.41, 5.74) is 10.6. The van der Waals surface area contributed by atoms with Gasteiger partial charge in [-0.05, 0) is 46.7 Å². The second-order valence-corrected chi connectivity index (χ2v) is 6.32. The quantitative estimate of drug-likeness (QED) is 0.856. The van der Waals surface area contributed by atoms with Crippen LogP contribution in [-0.2, 0) is 5.41 Å². The molecule has 0 amide bonds.